The van der Waals surface area contributed by atoms with Crippen LogP contribution in [0.2, 0.25) is 0 Å². The Hall–Kier alpha value is -2.81. The monoisotopic (exact) mass is 418 g/mol. The third-order valence-electron chi connectivity index (χ3n) is 4.29. The first-order valence-corrected chi connectivity index (χ1v) is 10.7. The Morgan fingerprint density at radius 2 is 1.59 bits per heavy atom. The number of aryl methyl sites for hydroxylation is 1. The van der Waals surface area contributed by atoms with Crippen LogP contribution in [0.15, 0.2) is 29.6 Å². The second kappa shape index (κ2) is 8.69. The number of urea groups is 1. The predicted octanol–water partition coefficient (Wildman–Crippen LogP) is 3.74. The maximum absolute atomic E-state index is 12.5. The van der Waals surface area contributed by atoms with Crippen molar-refractivity contribution in [2.75, 3.05) is 5.32 Å². The topological polar surface area (TPSA) is 118 Å². The molecule has 29 heavy (non-hydrogen) atoms. The first-order chi connectivity index (χ1) is 13.4. The van der Waals surface area contributed by atoms with Crippen molar-refractivity contribution in [3.63, 3.8) is 0 Å². The normalized spacial score (nSPS) is 11.6. The number of hydrogen-bond acceptors (Lipinski definition) is 6. The highest BCUT2D eigenvalue weighted by atomic mass is 32.2. The van der Waals surface area contributed by atoms with Gasteiger partial charge in [-0.05, 0) is 36.0 Å². The number of carbonyl (C=O) groups excluding carboxylic acids is 2. The van der Waals surface area contributed by atoms with Crippen molar-refractivity contribution in [3.05, 3.63) is 46.8 Å². The Kier molecular flexibility index (Phi) is 6.73. The van der Waals surface area contributed by atoms with E-state index in [1.54, 1.807) is 0 Å². The zero-order valence-corrected chi connectivity index (χ0v) is 18.2. The van der Waals surface area contributed by atoms with Gasteiger partial charge in [0.1, 0.15) is 5.69 Å². The number of anilines is 1. The summed E-state index contributed by atoms with van der Waals surface area (Å²) in [6, 6.07) is 4.33. The average Bonchev–Trinajstić information content (AvgIpc) is 2.62. The summed E-state index contributed by atoms with van der Waals surface area (Å²) in [6.45, 7) is 11.2. The lowest BCUT2D eigenvalue weighted by Crippen LogP contribution is -2.36. The third-order valence-corrected chi connectivity index (χ3v) is 5.42. The highest BCUT2D eigenvalue weighted by molar-refractivity contribution is 7.89. The summed E-state index contributed by atoms with van der Waals surface area (Å²) >= 11 is 0. The van der Waals surface area contributed by atoms with Crippen LogP contribution >= 0.6 is 0 Å². The van der Waals surface area contributed by atoms with Gasteiger partial charge in [0.25, 0.3) is 5.16 Å². The standard InChI is InChI=1S/C20H26N4O4S/c1-11(2)15-9-13(5)10-16(12(3)4)18(15)23-19(26)24-29(27,28)20-21-8-7-17(22-20)14(6)25/h7-12H,1-6H3,(H2,23,24,26). The number of nitrogens with one attached hydrogen (secondary N) is 2. The minimum absolute atomic E-state index is 0.0523. The van der Waals surface area contributed by atoms with Crippen LogP contribution in [0, 0.1) is 6.92 Å². The van der Waals surface area contributed by atoms with Gasteiger partial charge in [-0.2, -0.15) is 8.42 Å². The van der Waals surface area contributed by atoms with Gasteiger partial charge in [0, 0.05) is 18.8 Å². The van der Waals surface area contributed by atoms with Gasteiger partial charge in [0.2, 0.25) is 0 Å². The summed E-state index contributed by atoms with van der Waals surface area (Å²) in [4.78, 5) is 31.3. The number of rotatable bonds is 6. The van der Waals surface area contributed by atoms with Gasteiger partial charge >= 0.3 is 16.1 Å². The molecule has 0 aliphatic carbocycles. The fraction of sp³-hybridized carbons (Fsp3) is 0.400. The molecule has 2 amide bonds. The van der Waals surface area contributed by atoms with E-state index in [0.717, 1.165) is 22.9 Å². The molecule has 0 saturated carbocycles. The molecule has 1 aromatic heterocycles. The molecule has 9 heteroatoms. The second-order valence-electron chi connectivity index (χ2n) is 7.47. The summed E-state index contributed by atoms with van der Waals surface area (Å²) in [5, 5.41) is 2.04. The van der Waals surface area contributed by atoms with Gasteiger partial charge in [-0.15, -0.1) is 0 Å². The van der Waals surface area contributed by atoms with E-state index in [4.69, 9.17) is 0 Å². The molecule has 0 bridgehead atoms. The lowest BCUT2D eigenvalue weighted by Gasteiger charge is -2.21. The lowest BCUT2D eigenvalue weighted by atomic mass is 9.90. The molecule has 0 radical (unpaired) electrons. The molecule has 0 unspecified atom stereocenters. The molecular weight excluding hydrogens is 392 g/mol. The van der Waals surface area contributed by atoms with Crippen molar-refractivity contribution in [2.24, 2.45) is 0 Å². The van der Waals surface area contributed by atoms with E-state index in [0.29, 0.717) is 5.69 Å². The van der Waals surface area contributed by atoms with Crippen molar-refractivity contribution in [3.8, 4) is 0 Å². The molecule has 8 nitrogen and oxygen atoms in total. The van der Waals surface area contributed by atoms with Gasteiger partial charge in [-0.1, -0.05) is 45.4 Å². The summed E-state index contributed by atoms with van der Waals surface area (Å²) in [5.74, 6) is -0.166. The van der Waals surface area contributed by atoms with Crippen molar-refractivity contribution < 1.29 is 18.0 Å². The van der Waals surface area contributed by atoms with Crippen LogP contribution in [0.25, 0.3) is 0 Å². The van der Waals surface area contributed by atoms with Gasteiger partial charge < -0.3 is 5.32 Å². The van der Waals surface area contributed by atoms with E-state index < -0.39 is 27.0 Å². The van der Waals surface area contributed by atoms with E-state index in [1.165, 1.54) is 13.0 Å². The SMILES string of the molecule is CC(=O)c1ccnc(S(=O)(=O)NC(=O)Nc2c(C(C)C)cc(C)cc2C(C)C)n1. The van der Waals surface area contributed by atoms with E-state index in [1.807, 2.05) is 51.5 Å². The minimum atomic E-state index is -4.35. The summed E-state index contributed by atoms with van der Waals surface area (Å²) < 4.78 is 26.9. The van der Waals surface area contributed by atoms with Gasteiger partial charge in [0.15, 0.2) is 5.78 Å². The number of Topliss-reactive ketones (excluding diaryl/α,β-unsaturated/α-hetero) is 1. The molecule has 1 heterocycles. The van der Waals surface area contributed by atoms with E-state index in [9.17, 15) is 18.0 Å². The van der Waals surface area contributed by atoms with E-state index in [-0.39, 0.29) is 17.5 Å². The number of hydrogen-bond donors (Lipinski definition) is 2. The maximum Gasteiger partial charge on any atom is 0.333 e. The molecule has 0 spiro atoms. The highest BCUT2D eigenvalue weighted by Crippen LogP contribution is 2.33. The average molecular weight is 419 g/mol. The molecule has 2 N–H and O–H groups in total. The van der Waals surface area contributed by atoms with Gasteiger partial charge in [-0.3, -0.25) is 4.79 Å². The zero-order chi connectivity index (χ0) is 21.9. The number of sulfonamides is 1. The van der Waals surface area contributed by atoms with Crippen LogP contribution in [0.5, 0.6) is 0 Å². The van der Waals surface area contributed by atoms with Gasteiger partial charge in [-0.25, -0.2) is 19.5 Å². The number of nitrogens with zero attached hydrogens (tertiary/aromatic N) is 2. The zero-order valence-electron chi connectivity index (χ0n) is 17.4. The number of aromatic nitrogens is 2. The van der Waals surface area contributed by atoms with E-state index >= 15 is 0 Å². The van der Waals surface area contributed by atoms with Crippen LogP contribution in [-0.2, 0) is 10.0 Å². The number of amides is 2. The smallest absolute Gasteiger partial charge is 0.307 e. The molecular formula is C20H26N4O4S. The van der Waals surface area contributed by atoms with Crippen molar-refractivity contribution >= 4 is 27.5 Å². The Balaban J connectivity index is 2.36. The van der Waals surface area contributed by atoms with Crippen LogP contribution in [0.1, 0.15) is 73.6 Å². The van der Waals surface area contributed by atoms with Crippen LogP contribution in [-0.4, -0.2) is 30.2 Å². The molecule has 2 rings (SSSR count). The van der Waals surface area contributed by atoms with Gasteiger partial charge in [0.05, 0.1) is 0 Å². The van der Waals surface area contributed by atoms with E-state index in [2.05, 4.69) is 15.3 Å². The number of ketones is 1. The van der Waals surface area contributed by atoms with Crippen LogP contribution in [0.4, 0.5) is 10.5 Å². The molecule has 2 aromatic rings. The Morgan fingerprint density at radius 3 is 2.07 bits per heavy atom. The molecule has 0 aliphatic heterocycles. The summed E-state index contributed by atoms with van der Waals surface area (Å²) in [7, 11) is -4.35. The third kappa shape index (κ3) is 5.38. The Morgan fingerprint density at radius 1 is 1.03 bits per heavy atom. The Bertz CT molecular complexity index is 1020. The van der Waals surface area contributed by atoms with Crippen LogP contribution in [0.3, 0.4) is 0 Å². The fourth-order valence-electron chi connectivity index (χ4n) is 2.87. The molecule has 156 valence electrons. The minimum Gasteiger partial charge on any atom is -0.307 e. The summed E-state index contributed by atoms with van der Waals surface area (Å²) in [6.07, 6.45) is 1.16. The first kappa shape index (κ1) is 22.5. The quantitative estimate of drug-likeness (QED) is 0.545. The fourth-order valence-corrected chi connectivity index (χ4v) is 3.68. The summed E-state index contributed by atoms with van der Waals surface area (Å²) in [5.41, 5.74) is 3.42. The molecule has 0 aliphatic rings. The maximum atomic E-state index is 12.5. The number of carbonyl (C=O) groups is 2. The first-order valence-electron chi connectivity index (χ1n) is 9.24. The Labute approximate surface area is 171 Å². The highest BCUT2D eigenvalue weighted by Gasteiger charge is 2.24. The number of benzene rings is 1. The molecule has 0 fully saturated rings. The molecule has 0 atom stereocenters. The largest absolute Gasteiger partial charge is 0.333 e. The van der Waals surface area contributed by atoms with Crippen LogP contribution < -0.4 is 10.0 Å². The molecule has 0 saturated heterocycles. The van der Waals surface area contributed by atoms with Crippen molar-refractivity contribution in [1.82, 2.24) is 14.7 Å². The second-order valence-corrected chi connectivity index (χ2v) is 9.04. The lowest BCUT2D eigenvalue weighted by molar-refractivity contribution is 0.101. The van der Waals surface area contributed by atoms with Crippen molar-refractivity contribution in [1.29, 1.82) is 0 Å². The van der Waals surface area contributed by atoms with Crippen molar-refractivity contribution in [2.45, 2.75) is 58.5 Å². The molecule has 1 aromatic carbocycles. The predicted molar refractivity (Wildman–Crippen MR) is 111 cm³/mol.